The number of anilines is 1. The van der Waals surface area contributed by atoms with Crippen molar-refractivity contribution in [3.05, 3.63) is 39.8 Å². The maximum absolute atomic E-state index is 12.8. The highest BCUT2D eigenvalue weighted by molar-refractivity contribution is 7.18. The Labute approximate surface area is 258 Å². The maximum atomic E-state index is 12.8. The van der Waals surface area contributed by atoms with E-state index in [2.05, 4.69) is 61.9 Å². The summed E-state index contributed by atoms with van der Waals surface area (Å²) in [5.41, 5.74) is 3.75. The molecule has 0 saturated carbocycles. The Morgan fingerprint density at radius 2 is 1.40 bits per heavy atom. The molecule has 234 valence electrons. The van der Waals surface area contributed by atoms with Gasteiger partial charge in [-0.2, -0.15) is 0 Å². The molecule has 42 heavy (non-hydrogen) atoms. The second-order valence-electron chi connectivity index (χ2n) is 11.1. The number of rotatable bonds is 19. The van der Waals surface area contributed by atoms with Gasteiger partial charge in [0.1, 0.15) is 10.4 Å². The second-order valence-corrected chi connectivity index (χ2v) is 12.1. The van der Waals surface area contributed by atoms with Gasteiger partial charge in [-0.15, -0.1) is 21.6 Å². The number of aryl methyl sites for hydroxylation is 1. The van der Waals surface area contributed by atoms with E-state index in [9.17, 15) is 9.59 Å². The van der Waals surface area contributed by atoms with Crippen LogP contribution < -0.4 is 4.90 Å². The van der Waals surface area contributed by atoms with Crippen LogP contribution in [0.4, 0.5) is 16.4 Å². The molecule has 2 unspecified atom stereocenters. The molecular formula is C34H53N3O4S. The van der Waals surface area contributed by atoms with Gasteiger partial charge in [0.25, 0.3) is 0 Å². The van der Waals surface area contributed by atoms with Crippen LogP contribution in [-0.4, -0.2) is 38.2 Å². The summed E-state index contributed by atoms with van der Waals surface area (Å²) in [6.45, 7) is 19.0. The van der Waals surface area contributed by atoms with Crippen LogP contribution in [0.2, 0.25) is 0 Å². The van der Waals surface area contributed by atoms with E-state index in [0.717, 1.165) is 35.7 Å². The summed E-state index contributed by atoms with van der Waals surface area (Å²) >= 11 is 1.11. The fraction of sp³-hybridized carbons (Fsp3) is 0.647. The molecule has 0 radical (unpaired) electrons. The zero-order valence-corrected chi connectivity index (χ0v) is 28.1. The minimum atomic E-state index is -0.513. The van der Waals surface area contributed by atoms with Gasteiger partial charge in [-0.25, -0.2) is 9.59 Å². The first kappa shape index (κ1) is 35.5. The third-order valence-electron chi connectivity index (χ3n) is 7.91. The molecule has 1 aromatic heterocycles. The molecule has 0 aliphatic heterocycles. The van der Waals surface area contributed by atoms with Crippen LogP contribution in [0.25, 0.3) is 0 Å². The first-order chi connectivity index (χ1) is 20.2. The van der Waals surface area contributed by atoms with Gasteiger partial charge in [0.15, 0.2) is 5.00 Å². The standard InChI is InChI=1S/C34H53N3O4S/c1-9-15-17-26(11-3)22-37(23-27(12-4)18-16-10-2)28-19-20-29(24(7)21-28)35-36-32-30(33(38)40-13-5)25(8)31(42-32)34(39)41-14-6/h19-21,26-27H,9-18,22-23H2,1-8H3. The van der Waals surface area contributed by atoms with Crippen LogP contribution >= 0.6 is 11.3 Å². The van der Waals surface area contributed by atoms with Crippen LogP contribution in [0.5, 0.6) is 0 Å². The number of carbonyl (C=O) groups is 2. The van der Waals surface area contributed by atoms with Crippen molar-refractivity contribution in [2.75, 3.05) is 31.2 Å². The number of unbranched alkanes of at least 4 members (excludes halogenated alkanes) is 2. The number of hydrogen-bond acceptors (Lipinski definition) is 8. The zero-order valence-electron chi connectivity index (χ0n) is 27.3. The fourth-order valence-corrected chi connectivity index (χ4v) is 6.21. The number of nitrogens with zero attached hydrogens (tertiary/aromatic N) is 3. The van der Waals surface area contributed by atoms with Crippen molar-refractivity contribution in [2.45, 2.75) is 107 Å². The molecule has 0 aliphatic rings. The third kappa shape index (κ3) is 10.2. The summed E-state index contributed by atoms with van der Waals surface area (Å²) in [7, 11) is 0. The number of thiophene rings is 1. The summed E-state index contributed by atoms with van der Waals surface area (Å²) in [5.74, 6) is 0.359. The van der Waals surface area contributed by atoms with Crippen molar-refractivity contribution in [3.8, 4) is 0 Å². The number of ether oxygens (including phenoxy) is 2. The summed E-state index contributed by atoms with van der Waals surface area (Å²) in [6, 6.07) is 6.37. The average Bonchev–Trinajstić information content (AvgIpc) is 3.31. The molecule has 1 aromatic carbocycles. The largest absolute Gasteiger partial charge is 0.462 e. The minimum Gasteiger partial charge on any atom is -0.462 e. The molecule has 2 aromatic rings. The molecule has 0 amide bonds. The van der Waals surface area contributed by atoms with Crippen molar-refractivity contribution >= 4 is 39.7 Å². The SMILES string of the molecule is CCCCC(CC)CN(CC(CC)CCCC)c1ccc(N=Nc2sc(C(=O)OCC)c(C)c2C(=O)OCC)c(C)c1. The molecule has 8 heteroatoms. The molecule has 0 spiro atoms. The zero-order chi connectivity index (χ0) is 31.1. The van der Waals surface area contributed by atoms with Gasteiger partial charge in [0.05, 0.1) is 18.9 Å². The number of hydrogen-bond donors (Lipinski definition) is 0. The van der Waals surface area contributed by atoms with Crippen molar-refractivity contribution < 1.29 is 19.1 Å². The third-order valence-corrected chi connectivity index (χ3v) is 9.06. The summed E-state index contributed by atoms with van der Waals surface area (Å²) < 4.78 is 10.5. The lowest BCUT2D eigenvalue weighted by Gasteiger charge is -2.33. The Hall–Kier alpha value is -2.74. The highest BCUT2D eigenvalue weighted by Crippen LogP contribution is 2.38. The molecule has 0 fully saturated rings. The van der Waals surface area contributed by atoms with Gasteiger partial charge in [-0.05, 0) is 81.7 Å². The molecule has 0 saturated heterocycles. The molecule has 0 aliphatic carbocycles. The number of carbonyl (C=O) groups excluding carboxylic acids is 2. The summed E-state index contributed by atoms with van der Waals surface area (Å²) in [5, 5.41) is 9.33. The monoisotopic (exact) mass is 599 g/mol. The van der Waals surface area contributed by atoms with Crippen LogP contribution in [0.3, 0.4) is 0 Å². The van der Waals surface area contributed by atoms with Crippen LogP contribution in [0.15, 0.2) is 28.4 Å². The first-order valence-electron chi connectivity index (χ1n) is 16.0. The molecule has 0 N–H and O–H groups in total. The highest BCUT2D eigenvalue weighted by atomic mass is 32.1. The minimum absolute atomic E-state index is 0.227. The van der Waals surface area contributed by atoms with Gasteiger partial charge in [0, 0.05) is 18.8 Å². The van der Waals surface area contributed by atoms with Gasteiger partial charge < -0.3 is 14.4 Å². The number of esters is 2. The predicted molar refractivity (Wildman–Crippen MR) is 175 cm³/mol. The van der Waals surface area contributed by atoms with Gasteiger partial charge in [0.2, 0.25) is 0 Å². The smallest absolute Gasteiger partial charge is 0.348 e. The van der Waals surface area contributed by atoms with E-state index in [4.69, 9.17) is 9.47 Å². The molecule has 7 nitrogen and oxygen atoms in total. The topological polar surface area (TPSA) is 80.6 Å². The first-order valence-corrected chi connectivity index (χ1v) is 16.8. The van der Waals surface area contributed by atoms with E-state index < -0.39 is 11.9 Å². The number of benzene rings is 1. The Bertz CT molecular complexity index is 1140. The van der Waals surface area contributed by atoms with E-state index in [1.807, 2.05) is 6.07 Å². The Morgan fingerprint density at radius 3 is 1.90 bits per heavy atom. The number of azo groups is 1. The summed E-state index contributed by atoms with van der Waals surface area (Å²) in [6.07, 6.45) is 9.89. The van der Waals surface area contributed by atoms with Crippen LogP contribution in [-0.2, 0) is 9.47 Å². The lowest BCUT2D eigenvalue weighted by molar-refractivity contribution is 0.0527. The predicted octanol–water partition coefficient (Wildman–Crippen LogP) is 10.4. The Morgan fingerprint density at radius 1 is 0.833 bits per heavy atom. The molecule has 0 bridgehead atoms. The quantitative estimate of drug-likeness (QED) is 0.118. The molecule has 1 heterocycles. The van der Waals surface area contributed by atoms with E-state index in [1.54, 1.807) is 20.8 Å². The average molecular weight is 600 g/mol. The fourth-order valence-electron chi connectivity index (χ4n) is 5.19. The van der Waals surface area contributed by atoms with E-state index in [0.29, 0.717) is 27.3 Å². The van der Waals surface area contributed by atoms with Crippen LogP contribution in [0, 0.1) is 25.7 Å². The molecule has 2 atom stereocenters. The molecular weight excluding hydrogens is 546 g/mol. The van der Waals surface area contributed by atoms with Crippen molar-refractivity contribution in [3.63, 3.8) is 0 Å². The van der Waals surface area contributed by atoms with Crippen molar-refractivity contribution in [2.24, 2.45) is 22.1 Å². The van der Waals surface area contributed by atoms with Crippen molar-refractivity contribution in [1.82, 2.24) is 0 Å². The van der Waals surface area contributed by atoms with Gasteiger partial charge in [-0.1, -0.05) is 66.2 Å². The highest BCUT2D eigenvalue weighted by Gasteiger charge is 2.26. The van der Waals surface area contributed by atoms with E-state index in [1.165, 1.54) is 57.1 Å². The Kier molecular flexibility index (Phi) is 15.8. The van der Waals surface area contributed by atoms with Crippen molar-refractivity contribution in [1.29, 1.82) is 0 Å². The maximum Gasteiger partial charge on any atom is 0.348 e. The summed E-state index contributed by atoms with van der Waals surface area (Å²) in [4.78, 5) is 28.2. The lowest BCUT2D eigenvalue weighted by atomic mass is 9.95. The van der Waals surface area contributed by atoms with E-state index in [-0.39, 0.29) is 18.8 Å². The van der Waals surface area contributed by atoms with Gasteiger partial charge >= 0.3 is 11.9 Å². The van der Waals surface area contributed by atoms with E-state index >= 15 is 0 Å². The van der Waals surface area contributed by atoms with Gasteiger partial charge in [-0.3, -0.25) is 0 Å². The van der Waals surface area contributed by atoms with Crippen LogP contribution in [0.1, 0.15) is 124 Å². The second kappa shape index (κ2) is 18.7. The molecule has 2 rings (SSSR count). The normalized spacial score (nSPS) is 12.9. The lowest BCUT2D eigenvalue weighted by Crippen LogP contribution is -2.34. The Balaban J connectivity index is 2.41.